The molecule has 19 heavy (non-hydrogen) atoms. The van der Waals surface area contributed by atoms with E-state index in [0.717, 1.165) is 32.1 Å². The second kappa shape index (κ2) is 7.66. The first-order valence-corrected chi connectivity index (χ1v) is 7.30. The normalized spacial score (nSPS) is 31.3. The molecule has 0 heterocycles. The van der Waals surface area contributed by atoms with Crippen molar-refractivity contribution in [2.45, 2.75) is 71.0 Å². The van der Waals surface area contributed by atoms with Crippen molar-refractivity contribution in [1.29, 1.82) is 0 Å². The highest BCUT2D eigenvalue weighted by Crippen LogP contribution is 2.19. The molecule has 1 aliphatic rings. The first kappa shape index (κ1) is 16.2. The molecule has 0 fully saturated rings. The number of aliphatic hydroxyl groups excluding tert-OH is 1. The Hall–Kier alpha value is -0.860. The molecule has 1 rings (SSSR count). The molecule has 2 atom stereocenters. The molecule has 0 aromatic rings. The van der Waals surface area contributed by atoms with Crippen LogP contribution in [0.3, 0.4) is 0 Å². The smallest absolute Gasteiger partial charge is 0.0803 e. The van der Waals surface area contributed by atoms with Crippen LogP contribution in [0.25, 0.3) is 0 Å². The molecular weight excluding hydrogens is 236 g/mol. The highest BCUT2D eigenvalue weighted by Gasteiger charge is 2.15. The van der Waals surface area contributed by atoms with Gasteiger partial charge in [-0.2, -0.15) is 0 Å². The first-order valence-electron chi connectivity index (χ1n) is 7.30. The molecule has 108 valence electrons. The summed E-state index contributed by atoms with van der Waals surface area (Å²) in [6, 6.07) is 0. The minimum absolute atomic E-state index is 0.463. The van der Waals surface area contributed by atoms with Gasteiger partial charge in [0, 0.05) is 0 Å². The monoisotopic (exact) mass is 264 g/mol. The van der Waals surface area contributed by atoms with E-state index in [0.29, 0.717) is 6.42 Å². The molecule has 0 bridgehead atoms. The summed E-state index contributed by atoms with van der Waals surface area (Å²) in [4.78, 5) is 0. The summed E-state index contributed by atoms with van der Waals surface area (Å²) < 4.78 is 0. The van der Waals surface area contributed by atoms with Crippen molar-refractivity contribution in [2.75, 3.05) is 0 Å². The Labute approximate surface area is 117 Å². The van der Waals surface area contributed by atoms with Crippen molar-refractivity contribution in [1.82, 2.24) is 0 Å². The zero-order valence-electron chi connectivity index (χ0n) is 12.5. The quantitative estimate of drug-likeness (QED) is 0.651. The molecule has 2 unspecified atom stereocenters. The van der Waals surface area contributed by atoms with Crippen molar-refractivity contribution in [3.8, 4) is 0 Å². The van der Waals surface area contributed by atoms with Crippen LogP contribution < -0.4 is 0 Å². The lowest BCUT2D eigenvalue weighted by Gasteiger charge is -2.19. The Kier molecular flexibility index (Phi) is 6.53. The summed E-state index contributed by atoms with van der Waals surface area (Å²) >= 11 is 0. The van der Waals surface area contributed by atoms with Crippen molar-refractivity contribution in [2.24, 2.45) is 0 Å². The number of rotatable bonds is 0. The van der Waals surface area contributed by atoms with E-state index in [9.17, 15) is 10.2 Å². The fraction of sp³-hybridized carbons (Fsp3) is 0.647. The van der Waals surface area contributed by atoms with Gasteiger partial charge in [0.1, 0.15) is 0 Å². The zero-order chi connectivity index (χ0) is 14.3. The molecule has 0 aliphatic heterocycles. The van der Waals surface area contributed by atoms with E-state index >= 15 is 0 Å². The Morgan fingerprint density at radius 3 is 2.47 bits per heavy atom. The van der Waals surface area contributed by atoms with E-state index in [2.05, 4.69) is 26.0 Å². The van der Waals surface area contributed by atoms with Crippen molar-refractivity contribution < 1.29 is 10.2 Å². The predicted octanol–water partition coefficient (Wildman–Crippen LogP) is 3.90. The van der Waals surface area contributed by atoms with E-state index in [1.807, 2.05) is 0 Å². The molecule has 2 N–H and O–H groups in total. The van der Waals surface area contributed by atoms with Gasteiger partial charge in [-0.3, -0.25) is 0 Å². The minimum Gasteiger partial charge on any atom is -0.389 e. The lowest BCUT2D eigenvalue weighted by atomic mass is 9.96. The average molecular weight is 264 g/mol. The van der Waals surface area contributed by atoms with Crippen molar-refractivity contribution >= 4 is 0 Å². The third-order valence-electron chi connectivity index (χ3n) is 3.69. The number of hydrogen-bond donors (Lipinski definition) is 2. The maximum atomic E-state index is 10.2. The van der Waals surface area contributed by atoms with Gasteiger partial charge >= 0.3 is 0 Å². The third kappa shape index (κ3) is 7.34. The Balaban J connectivity index is 2.75. The van der Waals surface area contributed by atoms with Crippen LogP contribution in [0.15, 0.2) is 35.5 Å². The summed E-state index contributed by atoms with van der Waals surface area (Å²) in [6.07, 6.45) is 12.9. The summed E-state index contributed by atoms with van der Waals surface area (Å²) in [5, 5.41) is 20.1. The molecule has 0 saturated carbocycles. The fourth-order valence-electron chi connectivity index (χ4n) is 2.23. The van der Waals surface area contributed by atoms with Crippen LogP contribution in [0, 0.1) is 0 Å². The number of hydrogen-bond acceptors (Lipinski definition) is 2. The molecule has 2 nitrogen and oxygen atoms in total. The fourth-order valence-corrected chi connectivity index (χ4v) is 2.23. The van der Waals surface area contributed by atoms with E-state index in [4.69, 9.17) is 0 Å². The Bertz CT molecular complexity index is 361. The minimum atomic E-state index is -0.827. The lowest BCUT2D eigenvalue weighted by Crippen LogP contribution is -2.21. The average Bonchev–Trinajstić information content (AvgIpc) is 2.33. The second-order valence-corrected chi connectivity index (χ2v) is 6.00. The van der Waals surface area contributed by atoms with Crippen LogP contribution >= 0.6 is 0 Å². The Morgan fingerprint density at radius 2 is 1.74 bits per heavy atom. The molecule has 0 spiro atoms. The second-order valence-electron chi connectivity index (χ2n) is 6.00. The van der Waals surface area contributed by atoms with Gasteiger partial charge in [0.15, 0.2) is 0 Å². The molecule has 0 aromatic carbocycles. The third-order valence-corrected chi connectivity index (χ3v) is 3.69. The molecular formula is C17H28O2. The standard InChI is InChI=1S/C17H28O2/c1-14-6-4-7-15(2)9-10-16(18)11-13-17(3,19)12-5-8-14/h7-8,11,13,16,18-19H,4-6,9-10,12H2,1-3H3. The van der Waals surface area contributed by atoms with Crippen LogP contribution in [-0.2, 0) is 0 Å². The van der Waals surface area contributed by atoms with Gasteiger partial charge in [0.2, 0.25) is 0 Å². The van der Waals surface area contributed by atoms with Crippen LogP contribution in [-0.4, -0.2) is 21.9 Å². The van der Waals surface area contributed by atoms with Gasteiger partial charge in [0.25, 0.3) is 0 Å². The number of aliphatic hydroxyl groups is 2. The topological polar surface area (TPSA) is 40.5 Å². The van der Waals surface area contributed by atoms with E-state index in [-0.39, 0.29) is 0 Å². The molecule has 1 aliphatic carbocycles. The van der Waals surface area contributed by atoms with Gasteiger partial charge in [0.05, 0.1) is 11.7 Å². The van der Waals surface area contributed by atoms with Crippen LogP contribution in [0.5, 0.6) is 0 Å². The van der Waals surface area contributed by atoms with Gasteiger partial charge in [-0.25, -0.2) is 0 Å². The van der Waals surface area contributed by atoms with E-state index in [1.165, 1.54) is 11.1 Å². The van der Waals surface area contributed by atoms with Gasteiger partial charge in [-0.15, -0.1) is 0 Å². The van der Waals surface area contributed by atoms with Gasteiger partial charge < -0.3 is 10.2 Å². The SMILES string of the molecule is CC1=CCCC(C)(O)C=CC(O)CCC(C)=CCC1. The highest BCUT2D eigenvalue weighted by atomic mass is 16.3. The summed E-state index contributed by atoms with van der Waals surface area (Å²) in [7, 11) is 0. The maximum Gasteiger partial charge on any atom is 0.0803 e. The molecule has 0 saturated heterocycles. The van der Waals surface area contributed by atoms with Gasteiger partial charge in [-0.05, 0) is 59.3 Å². The summed E-state index contributed by atoms with van der Waals surface area (Å²) in [6.45, 7) is 6.08. The molecule has 0 radical (unpaired) electrons. The molecule has 2 heteroatoms. The van der Waals surface area contributed by atoms with Gasteiger partial charge in [-0.1, -0.05) is 35.5 Å². The van der Waals surface area contributed by atoms with Crippen molar-refractivity contribution in [3.63, 3.8) is 0 Å². The van der Waals surface area contributed by atoms with Crippen LogP contribution in [0.2, 0.25) is 0 Å². The molecule has 0 amide bonds. The van der Waals surface area contributed by atoms with Crippen LogP contribution in [0.1, 0.15) is 59.3 Å². The molecule has 0 aromatic heterocycles. The predicted molar refractivity (Wildman–Crippen MR) is 81.0 cm³/mol. The zero-order valence-corrected chi connectivity index (χ0v) is 12.5. The Morgan fingerprint density at radius 1 is 1.11 bits per heavy atom. The summed E-state index contributed by atoms with van der Waals surface area (Å²) in [5.74, 6) is 0. The number of allylic oxidation sites excluding steroid dienone is 4. The van der Waals surface area contributed by atoms with E-state index < -0.39 is 11.7 Å². The largest absolute Gasteiger partial charge is 0.389 e. The van der Waals surface area contributed by atoms with Crippen LogP contribution in [0.4, 0.5) is 0 Å². The van der Waals surface area contributed by atoms with E-state index in [1.54, 1.807) is 19.1 Å². The van der Waals surface area contributed by atoms with Crippen molar-refractivity contribution in [3.05, 3.63) is 35.5 Å². The maximum absolute atomic E-state index is 10.2. The lowest BCUT2D eigenvalue weighted by molar-refractivity contribution is 0.100. The first-order chi connectivity index (χ1) is 8.89. The summed E-state index contributed by atoms with van der Waals surface area (Å²) in [5.41, 5.74) is 1.90. The highest BCUT2D eigenvalue weighted by molar-refractivity contribution is 5.08.